The zero-order valence-corrected chi connectivity index (χ0v) is 13.4. The van der Waals surface area contributed by atoms with Crippen LogP contribution in [-0.4, -0.2) is 37.9 Å². The minimum atomic E-state index is -4.40. The predicted molar refractivity (Wildman–Crippen MR) is 79.2 cm³/mol. The molecule has 1 saturated carbocycles. The summed E-state index contributed by atoms with van der Waals surface area (Å²) in [6.07, 6.45) is -1.14. The van der Waals surface area contributed by atoms with Gasteiger partial charge >= 0.3 is 6.18 Å². The Morgan fingerprint density at radius 2 is 1.86 bits per heavy atom. The van der Waals surface area contributed by atoms with Crippen molar-refractivity contribution in [1.29, 1.82) is 0 Å². The van der Waals surface area contributed by atoms with Crippen LogP contribution in [0.3, 0.4) is 0 Å². The lowest BCUT2D eigenvalue weighted by atomic mass is 10.1. The van der Waals surface area contributed by atoms with Crippen LogP contribution in [0.4, 0.5) is 13.2 Å². The van der Waals surface area contributed by atoms with E-state index >= 15 is 0 Å². The van der Waals surface area contributed by atoms with E-state index in [4.69, 9.17) is 0 Å². The fraction of sp³-hybridized carbons (Fsp3) is 0.600. The first-order chi connectivity index (χ1) is 10.1. The summed E-state index contributed by atoms with van der Waals surface area (Å²) in [5, 5.41) is -0.490. The molecule has 124 valence electrons. The zero-order chi connectivity index (χ0) is 16.5. The predicted octanol–water partition coefficient (Wildman–Crippen LogP) is 3.10. The van der Waals surface area contributed by atoms with Crippen molar-refractivity contribution in [3.8, 4) is 0 Å². The van der Waals surface area contributed by atoms with E-state index in [9.17, 15) is 21.6 Å². The van der Waals surface area contributed by atoms with Gasteiger partial charge in [0.05, 0.1) is 10.8 Å². The first-order valence-electron chi connectivity index (χ1n) is 7.15. The molecule has 0 N–H and O–H groups in total. The minimum absolute atomic E-state index is 0.0897. The summed E-state index contributed by atoms with van der Waals surface area (Å²) in [7, 11) is -1.50. The van der Waals surface area contributed by atoms with E-state index in [1.165, 1.54) is 18.4 Å². The topological polar surface area (TPSA) is 37.4 Å². The average molecular weight is 335 g/mol. The molecule has 2 rings (SSSR count). The fourth-order valence-electron chi connectivity index (χ4n) is 3.23. The monoisotopic (exact) mass is 335 g/mol. The molecule has 2 unspecified atom stereocenters. The van der Waals surface area contributed by atoms with Crippen molar-refractivity contribution in [3.05, 3.63) is 35.4 Å². The number of rotatable bonds is 4. The molecule has 22 heavy (non-hydrogen) atoms. The normalized spacial score (nSPS) is 23.2. The van der Waals surface area contributed by atoms with Crippen LogP contribution in [0, 0.1) is 0 Å². The fourth-order valence-corrected chi connectivity index (χ4v) is 4.74. The van der Waals surface area contributed by atoms with E-state index in [0.29, 0.717) is 12.8 Å². The second-order valence-corrected chi connectivity index (χ2v) is 8.20. The third-order valence-electron chi connectivity index (χ3n) is 4.28. The molecule has 0 bridgehead atoms. The van der Waals surface area contributed by atoms with E-state index < -0.39 is 26.8 Å². The summed E-state index contributed by atoms with van der Waals surface area (Å²) in [6.45, 7) is 0.0897. The number of hydrogen-bond donors (Lipinski definition) is 0. The van der Waals surface area contributed by atoms with Crippen molar-refractivity contribution in [2.45, 2.75) is 43.3 Å². The van der Waals surface area contributed by atoms with E-state index in [0.717, 1.165) is 12.5 Å². The van der Waals surface area contributed by atoms with Crippen molar-refractivity contribution in [2.24, 2.45) is 0 Å². The van der Waals surface area contributed by atoms with Crippen molar-refractivity contribution in [1.82, 2.24) is 4.90 Å². The number of halogens is 3. The highest BCUT2D eigenvalue weighted by Gasteiger charge is 2.38. The van der Waals surface area contributed by atoms with E-state index in [-0.39, 0.29) is 18.2 Å². The Morgan fingerprint density at radius 1 is 1.23 bits per heavy atom. The smallest absolute Gasteiger partial charge is 0.298 e. The van der Waals surface area contributed by atoms with Crippen molar-refractivity contribution in [2.75, 3.05) is 13.3 Å². The van der Waals surface area contributed by atoms with Gasteiger partial charge in [-0.05, 0) is 31.5 Å². The third kappa shape index (κ3) is 3.81. The van der Waals surface area contributed by atoms with Crippen LogP contribution in [0.5, 0.6) is 0 Å². The van der Waals surface area contributed by atoms with Crippen LogP contribution >= 0.6 is 0 Å². The van der Waals surface area contributed by atoms with Gasteiger partial charge in [-0.15, -0.1) is 0 Å². The van der Waals surface area contributed by atoms with Gasteiger partial charge in [0.25, 0.3) is 0 Å². The van der Waals surface area contributed by atoms with Crippen molar-refractivity contribution < 1.29 is 21.6 Å². The molecule has 0 saturated heterocycles. The van der Waals surface area contributed by atoms with Gasteiger partial charge in [-0.3, -0.25) is 4.90 Å². The molecular weight excluding hydrogens is 315 g/mol. The van der Waals surface area contributed by atoms with Gasteiger partial charge in [0.1, 0.15) is 0 Å². The summed E-state index contributed by atoms with van der Waals surface area (Å²) in [4.78, 5) is 1.74. The molecule has 0 aromatic heterocycles. The third-order valence-corrected chi connectivity index (χ3v) is 5.93. The average Bonchev–Trinajstić information content (AvgIpc) is 2.87. The summed E-state index contributed by atoms with van der Waals surface area (Å²) in [5.74, 6) is 0. The lowest BCUT2D eigenvalue weighted by molar-refractivity contribution is -0.138. The maximum atomic E-state index is 13.0. The molecule has 7 heteroatoms. The molecule has 0 radical (unpaired) electrons. The Balaban J connectivity index is 2.21. The summed E-state index contributed by atoms with van der Waals surface area (Å²) in [5.41, 5.74) is -0.479. The van der Waals surface area contributed by atoms with Crippen LogP contribution < -0.4 is 0 Å². The molecular formula is C15H20F3NO2S. The SMILES string of the molecule is CN(Cc1ccccc1C(F)(F)F)C1CCCC1S(C)(=O)=O. The first-order valence-corrected chi connectivity index (χ1v) is 9.10. The van der Waals surface area contributed by atoms with Gasteiger partial charge < -0.3 is 0 Å². The molecule has 0 heterocycles. The largest absolute Gasteiger partial charge is 0.416 e. The molecule has 1 aromatic carbocycles. The number of alkyl halides is 3. The molecule has 3 nitrogen and oxygen atoms in total. The van der Waals surface area contributed by atoms with Crippen LogP contribution in [0.15, 0.2) is 24.3 Å². The summed E-state index contributed by atoms with van der Waals surface area (Å²) >= 11 is 0. The first kappa shape index (κ1) is 17.3. The van der Waals surface area contributed by atoms with Gasteiger partial charge in [0.15, 0.2) is 9.84 Å². The van der Waals surface area contributed by atoms with Crippen LogP contribution in [-0.2, 0) is 22.6 Å². The highest BCUT2D eigenvalue weighted by atomic mass is 32.2. The van der Waals surface area contributed by atoms with Gasteiger partial charge in [0, 0.05) is 18.8 Å². The molecule has 1 aromatic rings. The number of benzene rings is 1. The van der Waals surface area contributed by atoms with Crippen LogP contribution in [0.1, 0.15) is 30.4 Å². The number of sulfone groups is 1. The quantitative estimate of drug-likeness (QED) is 0.848. The molecule has 1 fully saturated rings. The molecule has 2 atom stereocenters. The highest BCUT2D eigenvalue weighted by molar-refractivity contribution is 7.91. The molecule has 1 aliphatic rings. The second kappa shape index (κ2) is 6.20. The van der Waals surface area contributed by atoms with E-state index in [1.54, 1.807) is 18.0 Å². The Bertz CT molecular complexity index is 628. The maximum absolute atomic E-state index is 13.0. The molecule has 1 aliphatic carbocycles. The Hall–Kier alpha value is -1.08. The van der Waals surface area contributed by atoms with Gasteiger partial charge in [-0.2, -0.15) is 13.2 Å². The Labute approximate surface area is 129 Å². The minimum Gasteiger partial charge on any atom is -0.298 e. The highest BCUT2D eigenvalue weighted by Crippen LogP contribution is 2.34. The van der Waals surface area contributed by atoms with E-state index in [1.807, 2.05) is 0 Å². The zero-order valence-electron chi connectivity index (χ0n) is 12.6. The molecule has 0 aliphatic heterocycles. The van der Waals surface area contributed by atoms with E-state index in [2.05, 4.69) is 0 Å². The van der Waals surface area contributed by atoms with Crippen molar-refractivity contribution >= 4 is 9.84 Å². The summed E-state index contributed by atoms with van der Waals surface area (Å²) in [6, 6.07) is 5.22. The number of nitrogens with zero attached hydrogens (tertiary/aromatic N) is 1. The van der Waals surface area contributed by atoms with Crippen LogP contribution in [0.2, 0.25) is 0 Å². The van der Waals surface area contributed by atoms with Gasteiger partial charge in [-0.25, -0.2) is 8.42 Å². The lowest BCUT2D eigenvalue weighted by Crippen LogP contribution is -2.41. The van der Waals surface area contributed by atoms with Gasteiger partial charge in [-0.1, -0.05) is 24.6 Å². The van der Waals surface area contributed by atoms with Crippen molar-refractivity contribution in [3.63, 3.8) is 0 Å². The maximum Gasteiger partial charge on any atom is 0.416 e. The lowest BCUT2D eigenvalue weighted by Gasteiger charge is -2.29. The summed E-state index contributed by atoms with van der Waals surface area (Å²) < 4.78 is 62.7. The van der Waals surface area contributed by atoms with Crippen LogP contribution in [0.25, 0.3) is 0 Å². The standard InChI is InChI=1S/C15H20F3NO2S/c1-19(13-8-5-9-14(13)22(2,20)21)10-11-6-3-4-7-12(11)15(16,17)18/h3-4,6-7,13-14H,5,8-10H2,1-2H3. The Morgan fingerprint density at radius 3 is 2.45 bits per heavy atom. The second-order valence-electron chi connectivity index (χ2n) is 5.94. The molecule has 0 amide bonds. The van der Waals surface area contributed by atoms with Gasteiger partial charge in [0.2, 0.25) is 0 Å². The Kier molecular flexibility index (Phi) is 4.87. The number of hydrogen-bond acceptors (Lipinski definition) is 3. The molecule has 0 spiro atoms.